The van der Waals surface area contributed by atoms with Crippen LogP contribution in [0.5, 0.6) is 0 Å². The Kier molecular flexibility index (Phi) is 6.09. The molecule has 1 aliphatic heterocycles. The molecule has 1 aromatic rings. The Labute approximate surface area is 119 Å². The fourth-order valence-corrected chi connectivity index (χ4v) is 1.74. The molecule has 10 nitrogen and oxygen atoms in total. The fraction of sp³-hybridized carbons (Fsp3) is 0.400. The number of aromatic nitrogens is 2. The molecule has 0 amide bonds. The fourth-order valence-electron chi connectivity index (χ4n) is 1.58. The van der Waals surface area contributed by atoms with Crippen LogP contribution in [0.4, 0.5) is 0 Å². The summed E-state index contributed by atoms with van der Waals surface area (Å²) in [5.74, 6) is 0. The van der Waals surface area contributed by atoms with Crippen LogP contribution < -0.4 is 17.4 Å². The first-order valence-electron chi connectivity index (χ1n) is 5.54. The third-order valence-electron chi connectivity index (χ3n) is 2.52. The van der Waals surface area contributed by atoms with Gasteiger partial charge in [0.25, 0.3) is 5.56 Å². The van der Waals surface area contributed by atoms with Gasteiger partial charge in [0, 0.05) is 16.3 Å². The molecule has 2 rings (SSSR count). The standard InChI is InChI=1S/C10H11N2O7P.H3N/c1-6-4-12(10(14)11-9(6)13)7-2-3-8(19-7)17-5-18-20(15)16;/h2-4,7-8H,5H2,1H3,(H-,11,13,14,15,16);1H3/p+1/t7-,8+;/m1./s1. The van der Waals surface area contributed by atoms with Gasteiger partial charge in [0.1, 0.15) is 0 Å². The van der Waals surface area contributed by atoms with E-state index >= 15 is 0 Å². The molecule has 0 saturated heterocycles. The Morgan fingerprint density at radius 1 is 1.48 bits per heavy atom. The highest BCUT2D eigenvalue weighted by atomic mass is 31.1. The minimum atomic E-state index is -2.74. The summed E-state index contributed by atoms with van der Waals surface area (Å²) in [4.78, 5) is 33.5. The molecule has 5 N–H and O–H groups in total. The van der Waals surface area contributed by atoms with Crippen molar-refractivity contribution in [3.05, 3.63) is 44.8 Å². The van der Waals surface area contributed by atoms with Crippen molar-refractivity contribution >= 4 is 8.25 Å². The molecule has 1 aliphatic rings. The van der Waals surface area contributed by atoms with Crippen molar-refractivity contribution in [3.8, 4) is 0 Å². The molecular weight excluding hydrogens is 305 g/mol. The first kappa shape index (κ1) is 17.4. The molecule has 0 bridgehead atoms. The van der Waals surface area contributed by atoms with Crippen LogP contribution in [0.15, 0.2) is 27.9 Å². The van der Waals surface area contributed by atoms with Crippen LogP contribution in [0.2, 0.25) is 0 Å². The van der Waals surface area contributed by atoms with Crippen molar-refractivity contribution in [2.75, 3.05) is 6.79 Å². The number of aromatic amines is 1. The molecule has 0 fully saturated rings. The SMILES string of the molecule is Cc1cn([C@H]2C=C[C@@H](OCO[P+](=O)O)O2)c(=O)[nH]c1=O.N. The lowest BCUT2D eigenvalue weighted by Crippen LogP contribution is -2.33. The van der Waals surface area contributed by atoms with Gasteiger partial charge in [-0.15, -0.1) is 4.89 Å². The average Bonchev–Trinajstić information content (AvgIpc) is 2.82. The summed E-state index contributed by atoms with van der Waals surface area (Å²) in [6, 6.07) is 0. The number of aryl methyl sites for hydroxylation is 1. The van der Waals surface area contributed by atoms with E-state index in [2.05, 4.69) is 9.51 Å². The van der Waals surface area contributed by atoms with E-state index in [0.717, 1.165) is 0 Å². The van der Waals surface area contributed by atoms with Gasteiger partial charge in [0.05, 0.1) is 0 Å². The second-order valence-corrected chi connectivity index (χ2v) is 4.64. The minimum Gasteiger partial charge on any atom is -0.344 e. The van der Waals surface area contributed by atoms with E-state index in [0.29, 0.717) is 5.56 Å². The summed E-state index contributed by atoms with van der Waals surface area (Å²) in [5, 5.41) is 0. The van der Waals surface area contributed by atoms with Crippen molar-refractivity contribution in [2.24, 2.45) is 0 Å². The molecule has 0 spiro atoms. The zero-order valence-electron chi connectivity index (χ0n) is 11.1. The smallest absolute Gasteiger partial charge is 0.344 e. The van der Waals surface area contributed by atoms with E-state index in [9.17, 15) is 14.2 Å². The maximum Gasteiger partial charge on any atom is 0.697 e. The molecule has 1 unspecified atom stereocenters. The van der Waals surface area contributed by atoms with Crippen LogP contribution in [0, 0.1) is 6.92 Å². The van der Waals surface area contributed by atoms with Gasteiger partial charge in [-0.3, -0.25) is 14.3 Å². The van der Waals surface area contributed by atoms with E-state index in [4.69, 9.17) is 14.4 Å². The van der Waals surface area contributed by atoms with Crippen molar-refractivity contribution in [3.63, 3.8) is 0 Å². The zero-order chi connectivity index (χ0) is 14.7. The Balaban J connectivity index is 0.00000220. The summed E-state index contributed by atoms with van der Waals surface area (Å²) >= 11 is 0. The number of nitrogens with zero attached hydrogens (tertiary/aromatic N) is 1. The van der Waals surface area contributed by atoms with Crippen molar-refractivity contribution in [2.45, 2.75) is 19.4 Å². The number of ether oxygens (including phenoxy) is 2. The first-order valence-corrected chi connectivity index (χ1v) is 6.67. The number of hydrogen-bond acceptors (Lipinski definition) is 7. The first-order chi connectivity index (χ1) is 9.47. The maximum absolute atomic E-state index is 11.6. The van der Waals surface area contributed by atoms with Gasteiger partial charge < -0.3 is 15.6 Å². The van der Waals surface area contributed by atoms with E-state index in [1.54, 1.807) is 13.0 Å². The highest BCUT2D eigenvalue weighted by molar-refractivity contribution is 7.32. The molecule has 0 radical (unpaired) electrons. The Hall–Kier alpha value is -1.68. The van der Waals surface area contributed by atoms with E-state index in [1.165, 1.54) is 16.8 Å². The minimum absolute atomic E-state index is 0. The highest BCUT2D eigenvalue weighted by Crippen LogP contribution is 2.21. The molecule has 0 aliphatic carbocycles. The van der Waals surface area contributed by atoms with Crippen LogP contribution >= 0.6 is 8.25 Å². The number of nitrogens with one attached hydrogen (secondary N) is 1. The van der Waals surface area contributed by atoms with Gasteiger partial charge in [-0.1, -0.05) is 4.52 Å². The van der Waals surface area contributed by atoms with E-state index in [-0.39, 0.29) is 6.15 Å². The second kappa shape index (κ2) is 7.36. The topological polar surface area (TPSA) is 155 Å². The summed E-state index contributed by atoms with van der Waals surface area (Å²) in [6.45, 7) is 1.14. The number of H-pyrrole nitrogens is 1. The summed E-state index contributed by atoms with van der Waals surface area (Å²) in [5.41, 5.74) is -0.696. The predicted molar refractivity (Wildman–Crippen MR) is 71.0 cm³/mol. The molecular formula is C10H15N3O7P+. The van der Waals surface area contributed by atoms with Crippen molar-refractivity contribution in [1.29, 1.82) is 0 Å². The lowest BCUT2D eigenvalue weighted by Gasteiger charge is -2.15. The molecule has 116 valence electrons. The molecule has 11 heteroatoms. The van der Waals surface area contributed by atoms with Crippen LogP contribution in [0.1, 0.15) is 11.8 Å². The summed E-state index contributed by atoms with van der Waals surface area (Å²) in [6.07, 6.45) is 2.91. The van der Waals surface area contributed by atoms with Gasteiger partial charge >= 0.3 is 13.9 Å². The zero-order valence-corrected chi connectivity index (χ0v) is 12.0. The Morgan fingerprint density at radius 2 is 2.19 bits per heavy atom. The lowest BCUT2D eigenvalue weighted by atomic mass is 10.4. The molecule has 1 aromatic heterocycles. The van der Waals surface area contributed by atoms with E-state index in [1.807, 2.05) is 0 Å². The monoisotopic (exact) mass is 320 g/mol. The maximum atomic E-state index is 11.6. The summed E-state index contributed by atoms with van der Waals surface area (Å²) < 4.78 is 26.1. The van der Waals surface area contributed by atoms with Gasteiger partial charge in [-0.05, 0) is 19.1 Å². The van der Waals surface area contributed by atoms with Crippen LogP contribution in [0.25, 0.3) is 0 Å². The quantitative estimate of drug-likeness (QED) is 0.390. The van der Waals surface area contributed by atoms with Crippen LogP contribution in [0.3, 0.4) is 0 Å². The molecule has 2 heterocycles. The molecule has 0 saturated carbocycles. The largest absolute Gasteiger partial charge is 0.697 e. The molecule has 3 atom stereocenters. The molecule has 21 heavy (non-hydrogen) atoms. The normalized spacial score (nSPS) is 21.1. The Bertz CT molecular complexity index is 653. The van der Waals surface area contributed by atoms with Crippen LogP contribution in [-0.2, 0) is 18.6 Å². The van der Waals surface area contributed by atoms with E-state index < -0.39 is 38.8 Å². The summed E-state index contributed by atoms with van der Waals surface area (Å²) in [7, 11) is -2.74. The predicted octanol–water partition coefficient (Wildman–Crippen LogP) is 0.0585. The average molecular weight is 320 g/mol. The highest BCUT2D eigenvalue weighted by Gasteiger charge is 2.23. The molecule has 0 aromatic carbocycles. The second-order valence-electron chi connectivity index (χ2n) is 3.91. The number of rotatable bonds is 5. The Morgan fingerprint density at radius 3 is 2.86 bits per heavy atom. The van der Waals surface area contributed by atoms with Gasteiger partial charge in [0.2, 0.25) is 6.79 Å². The van der Waals surface area contributed by atoms with Crippen molar-refractivity contribution < 1.29 is 23.5 Å². The third kappa shape index (κ3) is 4.39. The van der Waals surface area contributed by atoms with Crippen LogP contribution in [-0.4, -0.2) is 27.5 Å². The third-order valence-corrected chi connectivity index (χ3v) is 2.85. The lowest BCUT2D eigenvalue weighted by molar-refractivity contribution is -0.166. The van der Waals surface area contributed by atoms with Gasteiger partial charge in [0.15, 0.2) is 12.5 Å². The van der Waals surface area contributed by atoms with Gasteiger partial charge in [-0.2, -0.15) is 0 Å². The van der Waals surface area contributed by atoms with Gasteiger partial charge in [-0.25, -0.2) is 4.79 Å². The number of hydrogen-bond donors (Lipinski definition) is 3. The van der Waals surface area contributed by atoms with Crippen molar-refractivity contribution in [1.82, 2.24) is 15.7 Å².